The van der Waals surface area contributed by atoms with Gasteiger partial charge in [0.25, 0.3) is 0 Å². The second-order valence-corrected chi connectivity index (χ2v) is 3.52. The molecule has 1 aromatic heterocycles. The molecule has 15 heavy (non-hydrogen) atoms. The Morgan fingerprint density at radius 2 is 2.20 bits per heavy atom. The third kappa shape index (κ3) is 2.13. The van der Waals surface area contributed by atoms with Gasteiger partial charge < -0.3 is 15.5 Å². The van der Waals surface area contributed by atoms with Crippen LogP contribution in [-0.2, 0) is 6.54 Å². The molecule has 0 aliphatic rings. The Labute approximate surface area is 88.9 Å². The molecular weight excluding hydrogens is 188 g/mol. The zero-order chi connectivity index (χ0) is 10.7. The van der Waals surface area contributed by atoms with Crippen LogP contribution >= 0.6 is 0 Å². The standard InChI is InChI=1S/C12H14N2O/c1-9-3-2-4-11(13)12(9)14-7-10-5-6-15-8-10/h2-6,8,14H,7,13H2,1H3. The summed E-state index contributed by atoms with van der Waals surface area (Å²) in [6.45, 7) is 2.76. The highest BCUT2D eigenvalue weighted by Gasteiger charge is 2.02. The molecule has 0 radical (unpaired) electrons. The molecule has 3 heteroatoms. The number of rotatable bonds is 3. The van der Waals surface area contributed by atoms with Crippen molar-refractivity contribution < 1.29 is 4.42 Å². The molecule has 1 heterocycles. The zero-order valence-electron chi connectivity index (χ0n) is 8.66. The predicted molar refractivity (Wildman–Crippen MR) is 61.6 cm³/mol. The summed E-state index contributed by atoms with van der Waals surface area (Å²) >= 11 is 0. The molecule has 2 rings (SSSR count). The lowest BCUT2D eigenvalue weighted by molar-refractivity contribution is 0.564. The highest BCUT2D eigenvalue weighted by molar-refractivity contribution is 5.69. The number of anilines is 2. The van der Waals surface area contributed by atoms with E-state index in [2.05, 4.69) is 5.32 Å². The van der Waals surface area contributed by atoms with Crippen molar-refractivity contribution in [3.8, 4) is 0 Å². The van der Waals surface area contributed by atoms with Crippen LogP contribution in [0.4, 0.5) is 11.4 Å². The lowest BCUT2D eigenvalue weighted by Crippen LogP contribution is -2.03. The van der Waals surface area contributed by atoms with Gasteiger partial charge in [-0.1, -0.05) is 12.1 Å². The Balaban J connectivity index is 2.11. The first-order valence-corrected chi connectivity index (χ1v) is 4.87. The Hall–Kier alpha value is -1.90. The summed E-state index contributed by atoms with van der Waals surface area (Å²) in [5.41, 5.74) is 9.91. The molecule has 0 amide bonds. The number of hydrogen-bond donors (Lipinski definition) is 2. The maximum Gasteiger partial charge on any atom is 0.0952 e. The van der Waals surface area contributed by atoms with Gasteiger partial charge in [0.2, 0.25) is 0 Å². The van der Waals surface area contributed by atoms with Crippen molar-refractivity contribution in [2.75, 3.05) is 11.1 Å². The fourth-order valence-electron chi connectivity index (χ4n) is 1.52. The molecule has 0 atom stereocenters. The highest BCUT2D eigenvalue weighted by Crippen LogP contribution is 2.23. The van der Waals surface area contributed by atoms with Gasteiger partial charge in [-0.05, 0) is 24.6 Å². The van der Waals surface area contributed by atoms with Crippen LogP contribution < -0.4 is 11.1 Å². The van der Waals surface area contributed by atoms with E-state index in [4.69, 9.17) is 10.2 Å². The number of hydrogen-bond acceptors (Lipinski definition) is 3. The van der Waals surface area contributed by atoms with E-state index in [0.29, 0.717) is 0 Å². The maximum atomic E-state index is 5.87. The second-order valence-electron chi connectivity index (χ2n) is 3.52. The normalized spacial score (nSPS) is 10.2. The van der Waals surface area contributed by atoms with E-state index in [0.717, 1.165) is 29.0 Å². The molecule has 78 valence electrons. The number of aryl methyl sites for hydroxylation is 1. The van der Waals surface area contributed by atoms with Gasteiger partial charge in [0.15, 0.2) is 0 Å². The average molecular weight is 202 g/mol. The third-order valence-corrected chi connectivity index (χ3v) is 2.35. The molecule has 0 bridgehead atoms. The van der Waals surface area contributed by atoms with E-state index >= 15 is 0 Å². The first-order chi connectivity index (χ1) is 7.27. The van der Waals surface area contributed by atoms with Crippen molar-refractivity contribution >= 4 is 11.4 Å². The Bertz CT molecular complexity index is 415. The van der Waals surface area contributed by atoms with E-state index < -0.39 is 0 Å². The topological polar surface area (TPSA) is 51.2 Å². The fraction of sp³-hybridized carbons (Fsp3) is 0.167. The van der Waals surface area contributed by atoms with Gasteiger partial charge in [-0.15, -0.1) is 0 Å². The molecule has 0 fully saturated rings. The Morgan fingerprint density at radius 1 is 1.33 bits per heavy atom. The number of nitrogens with one attached hydrogen (secondary N) is 1. The number of benzene rings is 1. The Morgan fingerprint density at radius 3 is 2.87 bits per heavy atom. The highest BCUT2D eigenvalue weighted by atomic mass is 16.3. The number of nitrogens with two attached hydrogens (primary N) is 1. The molecule has 0 spiro atoms. The zero-order valence-corrected chi connectivity index (χ0v) is 8.66. The monoisotopic (exact) mass is 202 g/mol. The van der Waals surface area contributed by atoms with Crippen molar-refractivity contribution in [1.82, 2.24) is 0 Å². The fourth-order valence-corrected chi connectivity index (χ4v) is 1.52. The first kappa shape index (κ1) is 9.65. The van der Waals surface area contributed by atoms with Crippen molar-refractivity contribution in [2.45, 2.75) is 13.5 Å². The molecular formula is C12H14N2O. The summed E-state index contributed by atoms with van der Waals surface area (Å²) in [7, 11) is 0. The molecule has 0 saturated carbocycles. The van der Waals surface area contributed by atoms with Crippen LogP contribution in [0.15, 0.2) is 41.2 Å². The van der Waals surface area contributed by atoms with E-state index in [1.165, 1.54) is 0 Å². The minimum absolute atomic E-state index is 0.728. The Kier molecular flexibility index (Phi) is 2.63. The summed E-state index contributed by atoms with van der Waals surface area (Å²) < 4.78 is 4.99. The largest absolute Gasteiger partial charge is 0.472 e. The summed E-state index contributed by atoms with van der Waals surface area (Å²) in [6, 6.07) is 7.81. The summed E-state index contributed by atoms with van der Waals surface area (Å²) in [6.07, 6.45) is 3.39. The molecule has 0 unspecified atom stereocenters. The molecule has 3 N–H and O–H groups in total. The number of para-hydroxylation sites is 1. The van der Waals surface area contributed by atoms with Gasteiger partial charge in [-0.2, -0.15) is 0 Å². The van der Waals surface area contributed by atoms with Crippen LogP contribution in [-0.4, -0.2) is 0 Å². The van der Waals surface area contributed by atoms with E-state index in [-0.39, 0.29) is 0 Å². The number of nitrogen functional groups attached to an aromatic ring is 1. The van der Waals surface area contributed by atoms with Gasteiger partial charge >= 0.3 is 0 Å². The first-order valence-electron chi connectivity index (χ1n) is 4.87. The van der Waals surface area contributed by atoms with E-state index in [9.17, 15) is 0 Å². The second kappa shape index (κ2) is 4.09. The minimum Gasteiger partial charge on any atom is -0.472 e. The third-order valence-electron chi connectivity index (χ3n) is 2.35. The number of furan rings is 1. The van der Waals surface area contributed by atoms with Crippen LogP contribution in [0.5, 0.6) is 0 Å². The van der Waals surface area contributed by atoms with Gasteiger partial charge in [0.1, 0.15) is 0 Å². The lowest BCUT2D eigenvalue weighted by atomic mass is 10.1. The molecule has 0 saturated heterocycles. The van der Waals surface area contributed by atoms with E-state index in [1.807, 2.05) is 31.2 Å². The van der Waals surface area contributed by atoms with Crippen molar-refractivity contribution in [3.63, 3.8) is 0 Å². The van der Waals surface area contributed by atoms with Crippen LogP contribution in [0.1, 0.15) is 11.1 Å². The average Bonchev–Trinajstić information content (AvgIpc) is 2.70. The summed E-state index contributed by atoms with van der Waals surface area (Å²) in [4.78, 5) is 0. The van der Waals surface area contributed by atoms with E-state index in [1.54, 1.807) is 12.5 Å². The molecule has 3 nitrogen and oxygen atoms in total. The summed E-state index contributed by atoms with van der Waals surface area (Å²) in [5.74, 6) is 0. The quantitative estimate of drug-likeness (QED) is 0.752. The molecule has 0 aliphatic heterocycles. The van der Waals surface area contributed by atoms with Crippen molar-refractivity contribution in [2.24, 2.45) is 0 Å². The van der Waals surface area contributed by atoms with Crippen LogP contribution in [0.25, 0.3) is 0 Å². The molecule has 2 aromatic rings. The lowest BCUT2D eigenvalue weighted by Gasteiger charge is -2.10. The molecule has 0 aliphatic carbocycles. The van der Waals surface area contributed by atoms with Crippen molar-refractivity contribution in [3.05, 3.63) is 47.9 Å². The van der Waals surface area contributed by atoms with Crippen LogP contribution in [0, 0.1) is 6.92 Å². The minimum atomic E-state index is 0.728. The smallest absolute Gasteiger partial charge is 0.0952 e. The molecule has 1 aromatic carbocycles. The van der Waals surface area contributed by atoms with Gasteiger partial charge in [0, 0.05) is 12.1 Å². The van der Waals surface area contributed by atoms with Gasteiger partial charge in [-0.25, -0.2) is 0 Å². The van der Waals surface area contributed by atoms with Crippen LogP contribution in [0.3, 0.4) is 0 Å². The predicted octanol–water partition coefficient (Wildman–Crippen LogP) is 2.78. The van der Waals surface area contributed by atoms with Crippen LogP contribution in [0.2, 0.25) is 0 Å². The maximum absolute atomic E-state index is 5.87. The van der Waals surface area contributed by atoms with Gasteiger partial charge in [0.05, 0.1) is 23.9 Å². The SMILES string of the molecule is Cc1cccc(N)c1NCc1ccoc1. The van der Waals surface area contributed by atoms with Crippen molar-refractivity contribution in [1.29, 1.82) is 0 Å². The van der Waals surface area contributed by atoms with Gasteiger partial charge in [-0.3, -0.25) is 0 Å². The summed E-state index contributed by atoms with van der Waals surface area (Å²) in [5, 5.41) is 3.30.